The predicted octanol–water partition coefficient (Wildman–Crippen LogP) is 2.30. The van der Waals surface area contributed by atoms with Crippen molar-refractivity contribution in [3.8, 4) is 11.1 Å². The van der Waals surface area contributed by atoms with Crippen LogP contribution < -0.4 is 0 Å². The Labute approximate surface area is 99.7 Å². The Morgan fingerprint density at radius 2 is 2.00 bits per heavy atom. The minimum Gasteiger partial charge on any atom is -0.282 e. The van der Waals surface area contributed by atoms with Gasteiger partial charge in [-0.15, -0.1) is 0 Å². The Morgan fingerprint density at radius 3 is 2.59 bits per heavy atom. The van der Waals surface area contributed by atoms with Gasteiger partial charge in [0, 0.05) is 18.0 Å². The SMILES string of the molecule is Cc1ccc(S(=O)(=O)O)cc1-c1cccnc1. The van der Waals surface area contributed by atoms with Crippen LogP contribution in [0, 0.1) is 6.92 Å². The third kappa shape index (κ3) is 2.51. The molecule has 88 valence electrons. The lowest BCUT2D eigenvalue weighted by Gasteiger charge is -2.07. The summed E-state index contributed by atoms with van der Waals surface area (Å²) in [7, 11) is -4.17. The molecular formula is C12H11NO3S. The van der Waals surface area contributed by atoms with Gasteiger partial charge in [0.15, 0.2) is 0 Å². The highest BCUT2D eigenvalue weighted by atomic mass is 32.2. The van der Waals surface area contributed by atoms with Crippen LogP contribution in [-0.4, -0.2) is 18.0 Å². The van der Waals surface area contributed by atoms with Gasteiger partial charge >= 0.3 is 0 Å². The lowest BCUT2D eigenvalue weighted by molar-refractivity contribution is 0.483. The molecule has 4 nitrogen and oxygen atoms in total. The molecule has 5 heteroatoms. The molecular weight excluding hydrogens is 238 g/mol. The maximum Gasteiger partial charge on any atom is 0.294 e. The normalized spacial score (nSPS) is 11.4. The minimum atomic E-state index is -4.17. The molecule has 0 bridgehead atoms. The fourth-order valence-corrected chi connectivity index (χ4v) is 2.10. The molecule has 0 atom stereocenters. The molecule has 1 N–H and O–H groups in total. The Kier molecular flexibility index (Phi) is 2.95. The van der Waals surface area contributed by atoms with E-state index in [2.05, 4.69) is 4.98 Å². The van der Waals surface area contributed by atoms with Crippen LogP contribution in [0.3, 0.4) is 0 Å². The summed E-state index contributed by atoms with van der Waals surface area (Å²) in [6.45, 7) is 1.87. The Hall–Kier alpha value is -1.72. The molecule has 0 fully saturated rings. The van der Waals surface area contributed by atoms with E-state index in [-0.39, 0.29) is 4.90 Å². The van der Waals surface area contributed by atoms with E-state index in [9.17, 15) is 8.42 Å². The van der Waals surface area contributed by atoms with Crippen LogP contribution in [0.25, 0.3) is 11.1 Å². The number of aromatic nitrogens is 1. The lowest BCUT2D eigenvalue weighted by atomic mass is 10.0. The van der Waals surface area contributed by atoms with E-state index in [1.165, 1.54) is 12.1 Å². The van der Waals surface area contributed by atoms with E-state index < -0.39 is 10.1 Å². The second-order valence-corrected chi connectivity index (χ2v) is 5.12. The zero-order valence-corrected chi connectivity index (χ0v) is 9.98. The molecule has 0 aliphatic carbocycles. The van der Waals surface area contributed by atoms with E-state index in [0.717, 1.165) is 16.7 Å². The first-order chi connectivity index (χ1) is 7.98. The molecule has 17 heavy (non-hydrogen) atoms. The van der Waals surface area contributed by atoms with Crippen LogP contribution in [-0.2, 0) is 10.1 Å². The van der Waals surface area contributed by atoms with Crippen molar-refractivity contribution in [3.63, 3.8) is 0 Å². The van der Waals surface area contributed by atoms with Crippen LogP contribution in [0.1, 0.15) is 5.56 Å². The summed E-state index contributed by atoms with van der Waals surface area (Å²) in [4.78, 5) is 3.87. The van der Waals surface area contributed by atoms with E-state index in [1.54, 1.807) is 24.5 Å². The second-order valence-electron chi connectivity index (χ2n) is 3.69. The van der Waals surface area contributed by atoms with Gasteiger partial charge in [-0.05, 0) is 36.2 Å². The van der Waals surface area contributed by atoms with Gasteiger partial charge in [0.1, 0.15) is 0 Å². The molecule has 0 saturated heterocycles. The van der Waals surface area contributed by atoms with Gasteiger partial charge < -0.3 is 0 Å². The van der Waals surface area contributed by atoms with Crippen molar-refractivity contribution in [1.82, 2.24) is 4.98 Å². The highest BCUT2D eigenvalue weighted by Gasteiger charge is 2.12. The van der Waals surface area contributed by atoms with Crippen molar-refractivity contribution < 1.29 is 13.0 Å². The maximum absolute atomic E-state index is 11.1. The van der Waals surface area contributed by atoms with Crippen molar-refractivity contribution in [2.24, 2.45) is 0 Å². The molecule has 2 aromatic rings. The molecule has 2 rings (SSSR count). The zero-order valence-electron chi connectivity index (χ0n) is 9.16. The number of rotatable bonds is 2. The van der Waals surface area contributed by atoms with Crippen molar-refractivity contribution in [2.45, 2.75) is 11.8 Å². The van der Waals surface area contributed by atoms with E-state index in [1.807, 2.05) is 13.0 Å². The fraction of sp³-hybridized carbons (Fsp3) is 0.0833. The molecule has 0 amide bonds. The maximum atomic E-state index is 11.1. The first kappa shape index (κ1) is 11.8. The Bertz CT molecular complexity index is 636. The average Bonchev–Trinajstić information content (AvgIpc) is 2.29. The predicted molar refractivity (Wildman–Crippen MR) is 64.2 cm³/mol. The molecule has 0 aliphatic heterocycles. The molecule has 0 saturated carbocycles. The van der Waals surface area contributed by atoms with Crippen molar-refractivity contribution in [1.29, 1.82) is 0 Å². The van der Waals surface area contributed by atoms with Crippen molar-refractivity contribution in [3.05, 3.63) is 48.3 Å². The molecule has 1 heterocycles. The van der Waals surface area contributed by atoms with Gasteiger partial charge in [0.25, 0.3) is 10.1 Å². The standard InChI is InChI=1S/C12H11NO3S/c1-9-4-5-11(17(14,15)16)7-12(9)10-3-2-6-13-8-10/h2-8H,1H3,(H,14,15,16). The number of benzene rings is 1. The first-order valence-corrected chi connectivity index (χ1v) is 6.41. The van der Waals surface area contributed by atoms with Crippen LogP contribution in [0.2, 0.25) is 0 Å². The monoisotopic (exact) mass is 249 g/mol. The summed E-state index contributed by atoms with van der Waals surface area (Å²) in [5, 5.41) is 0. The first-order valence-electron chi connectivity index (χ1n) is 4.97. The number of nitrogens with zero attached hydrogens (tertiary/aromatic N) is 1. The number of aryl methyl sites for hydroxylation is 1. The Morgan fingerprint density at radius 1 is 1.24 bits per heavy atom. The van der Waals surface area contributed by atoms with E-state index in [0.29, 0.717) is 0 Å². The molecule has 0 unspecified atom stereocenters. The highest BCUT2D eigenvalue weighted by molar-refractivity contribution is 7.85. The van der Waals surface area contributed by atoms with Gasteiger partial charge in [0.05, 0.1) is 4.90 Å². The van der Waals surface area contributed by atoms with Crippen molar-refractivity contribution >= 4 is 10.1 Å². The van der Waals surface area contributed by atoms with Crippen LogP contribution >= 0.6 is 0 Å². The smallest absolute Gasteiger partial charge is 0.282 e. The molecule has 0 aliphatic rings. The zero-order chi connectivity index (χ0) is 12.5. The molecule has 1 aromatic heterocycles. The van der Waals surface area contributed by atoms with Crippen LogP contribution in [0.4, 0.5) is 0 Å². The molecule has 0 spiro atoms. The van der Waals surface area contributed by atoms with Gasteiger partial charge in [0.2, 0.25) is 0 Å². The minimum absolute atomic E-state index is 0.109. The topological polar surface area (TPSA) is 67.3 Å². The highest BCUT2D eigenvalue weighted by Crippen LogP contribution is 2.25. The van der Waals surface area contributed by atoms with Crippen LogP contribution in [0.15, 0.2) is 47.6 Å². The molecule has 0 radical (unpaired) electrons. The summed E-state index contributed by atoms with van der Waals surface area (Å²) < 4.78 is 31.1. The van der Waals surface area contributed by atoms with Gasteiger partial charge in [-0.2, -0.15) is 8.42 Å². The quantitative estimate of drug-likeness (QED) is 0.829. The third-order valence-electron chi connectivity index (χ3n) is 2.48. The summed E-state index contributed by atoms with van der Waals surface area (Å²) in [6.07, 6.45) is 3.29. The molecule has 1 aromatic carbocycles. The van der Waals surface area contributed by atoms with Crippen molar-refractivity contribution in [2.75, 3.05) is 0 Å². The summed E-state index contributed by atoms with van der Waals surface area (Å²) in [6, 6.07) is 8.09. The third-order valence-corrected chi connectivity index (χ3v) is 3.33. The summed E-state index contributed by atoms with van der Waals surface area (Å²) in [5.41, 5.74) is 2.48. The lowest BCUT2D eigenvalue weighted by Crippen LogP contribution is -1.98. The average molecular weight is 249 g/mol. The number of hydrogen-bond acceptors (Lipinski definition) is 3. The second kappa shape index (κ2) is 4.27. The van der Waals surface area contributed by atoms with E-state index in [4.69, 9.17) is 4.55 Å². The van der Waals surface area contributed by atoms with E-state index >= 15 is 0 Å². The summed E-state index contributed by atoms with van der Waals surface area (Å²) >= 11 is 0. The number of pyridine rings is 1. The Balaban J connectivity index is 2.63. The van der Waals surface area contributed by atoms with Gasteiger partial charge in [-0.3, -0.25) is 9.54 Å². The number of hydrogen-bond donors (Lipinski definition) is 1. The van der Waals surface area contributed by atoms with Crippen LogP contribution in [0.5, 0.6) is 0 Å². The summed E-state index contributed by atoms with van der Waals surface area (Å²) in [5.74, 6) is 0. The largest absolute Gasteiger partial charge is 0.294 e. The fourth-order valence-electron chi connectivity index (χ4n) is 1.59. The van der Waals surface area contributed by atoms with Gasteiger partial charge in [-0.1, -0.05) is 12.1 Å². The van der Waals surface area contributed by atoms with Gasteiger partial charge in [-0.25, -0.2) is 0 Å².